The molecule has 0 aromatic heterocycles. The number of ether oxygens (including phenoxy) is 1. The van der Waals surface area contributed by atoms with Crippen molar-refractivity contribution in [2.75, 3.05) is 26.2 Å². The van der Waals surface area contributed by atoms with E-state index in [0.717, 1.165) is 19.4 Å². The summed E-state index contributed by atoms with van der Waals surface area (Å²) in [5.41, 5.74) is 2.44. The van der Waals surface area contributed by atoms with Gasteiger partial charge in [0, 0.05) is 32.6 Å². The molecule has 5 nitrogen and oxygen atoms in total. The largest absolute Gasteiger partial charge is 0.370 e. The SMILES string of the molecule is CCC(=O)N1CCCC(C(=O)N2CC(OCc3ccccc3C)C2)C1. The number of carbonyl (C=O) groups excluding carboxylic acids is 2. The number of carbonyl (C=O) groups is 2. The number of rotatable bonds is 5. The van der Waals surface area contributed by atoms with Crippen molar-refractivity contribution in [2.45, 2.75) is 45.8 Å². The molecule has 25 heavy (non-hydrogen) atoms. The summed E-state index contributed by atoms with van der Waals surface area (Å²) in [6.07, 6.45) is 2.45. The number of aryl methyl sites for hydroxylation is 1. The maximum absolute atomic E-state index is 12.6. The topological polar surface area (TPSA) is 49.9 Å². The van der Waals surface area contributed by atoms with Gasteiger partial charge in [0.2, 0.25) is 11.8 Å². The molecular weight excluding hydrogens is 316 g/mol. The van der Waals surface area contributed by atoms with Crippen LogP contribution >= 0.6 is 0 Å². The first-order chi connectivity index (χ1) is 12.1. The van der Waals surface area contributed by atoms with E-state index in [1.807, 2.05) is 28.9 Å². The summed E-state index contributed by atoms with van der Waals surface area (Å²) in [6.45, 7) is 7.27. The first-order valence-electron chi connectivity index (χ1n) is 9.31. The molecule has 2 aliphatic heterocycles. The van der Waals surface area contributed by atoms with Crippen LogP contribution in [0.25, 0.3) is 0 Å². The Balaban J connectivity index is 1.43. The summed E-state index contributed by atoms with van der Waals surface area (Å²) in [5, 5.41) is 0. The van der Waals surface area contributed by atoms with Gasteiger partial charge in [0.25, 0.3) is 0 Å². The number of piperidine rings is 1. The third-order valence-electron chi connectivity index (χ3n) is 5.32. The number of amides is 2. The van der Waals surface area contributed by atoms with E-state index in [1.165, 1.54) is 11.1 Å². The predicted octanol–water partition coefficient (Wildman–Crippen LogP) is 2.37. The van der Waals surface area contributed by atoms with Crippen molar-refractivity contribution in [1.82, 2.24) is 9.80 Å². The van der Waals surface area contributed by atoms with Crippen LogP contribution in [0.2, 0.25) is 0 Å². The molecule has 2 amide bonds. The monoisotopic (exact) mass is 344 g/mol. The third-order valence-corrected chi connectivity index (χ3v) is 5.32. The standard InChI is InChI=1S/C20H28N2O3/c1-3-19(23)21-10-6-9-16(11-21)20(24)22-12-18(13-22)25-14-17-8-5-4-7-15(17)2/h4-5,7-8,16,18H,3,6,9-14H2,1-2H3. The molecule has 0 spiro atoms. The zero-order chi connectivity index (χ0) is 17.8. The van der Waals surface area contributed by atoms with Crippen molar-refractivity contribution in [3.8, 4) is 0 Å². The summed E-state index contributed by atoms with van der Waals surface area (Å²) in [5.74, 6) is 0.298. The molecule has 0 N–H and O–H groups in total. The fraction of sp³-hybridized carbons (Fsp3) is 0.600. The smallest absolute Gasteiger partial charge is 0.227 e. The van der Waals surface area contributed by atoms with Gasteiger partial charge < -0.3 is 14.5 Å². The van der Waals surface area contributed by atoms with Crippen LogP contribution in [-0.4, -0.2) is 53.9 Å². The minimum Gasteiger partial charge on any atom is -0.370 e. The van der Waals surface area contributed by atoms with E-state index in [-0.39, 0.29) is 23.8 Å². The lowest BCUT2D eigenvalue weighted by molar-refractivity contribution is -0.153. The Morgan fingerprint density at radius 2 is 1.92 bits per heavy atom. The third kappa shape index (κ3) is 4.21. The summed E-state index contributed by atoms with van der Waals surface area (Å²) in [4.78, 5) is 28.2. The quantitative estimate of drug-likeness (QED) is 0.824. The van der Waals surface area contributed by atoms with Crippen LogP contribution in [-0.2, 0) is 20.9 Å². The predicted molar refractivity (Wildman–Crippen MR) is 95.9 cm³/mol. The minimum atomic E-state index is -0.0402. The minimum absolute atomic E-state index is 0.0402. The average molecular weight is 344 g/mol. The van der Waals surface area contributed by atoms with Gasteiger partial charge in [0.15, 0.2) is 0 Å². The van der Waals surface area contributed by atoms with Gasteiger partial charge in [0.1, 0.15) is 0 Å². The lowest BCUT2D eigenvalue weighted by Gasteiger charge is -2.42. The van der Waals surface area contributed by atoms with Crippen LogP contribution in [0.5, 0.6) is 0 Å². The summed E-state index contributed by atoms with van der Waals surface area (Å²) >= 11 is 0. The lowest BCUT2D eigenvalue weighted by atomic mass is 9.94. The second kappa shape index (κ2) is 8.00. The van der Waals surface area contributed by atoms with Crippen molar-refractivity contribution in [1.29, 1.82) is 0 Å². The molecule has 5 heteroatoms. The van der Waals surface area contributed by atoms with Gasteiger partial charge in [-0.2, -0.15) is 0 Å². The normalized spacial score (nSPS) is 21.1. The van der Waals surface area contributed by atoms with Crippen LogP contribution in [0.4, 0.5) is 0 Å². The fourth-order valence-corrected chi connectivity index (χ4v) is 3.59. The lowest BCUT2D eigenvalue weighted by Crippen LogP contribution is -2.58. The van der Waals surface area contributed by atoms with E-state index in [9.17, 15) is 9.59 Å². The van der Waals surface area contributed by atoms with Crippen molar-refractivity contribution in [2.24, 2.45) is 5.92 Å². The maximum atomic E-state index is 12.6. The van der Waals surface area contributed by atoms with Gasteiger partial charge in [-0.1, -0.05) is 31.2 Å². The molecule has 0 radical (unpaired) electrons. The second-order valence-electron chi connectivity index (χ2n) is 7.14. The maximum Gasteiger partial charge on any atom is 0.227 e. The van der Waals surface area contributed by atoms with E-state index < -0.39 is 0 Å². The van der Waals surface area contributed by atoms with E-state index in [0.29, 0.717) is 32.7 Å². The molecule has 136 valence electrons. The zero-order valence-corrected chi connectivity index (χ0v) is 15.2. The van der Waals surface area contributed by atoms with Crippen LogP contribution in [0.15, 0.2) is 24.3 Å². The summed E-state index contributed by atoms with van der Waals surface area (Å²) in [7, 11) is 0. The molecule has 1 atom stereocenters. The van der Waals surface area contributed by atoms with Gasteiger partial charge in [-0.25, -0.2) is 0 Å². The van der Waals surface area contributed by atoms with Crippen LogP contribution in [0.3, 0.4) is 0 Å². The second-order valence-corrected chi connectivity index (χ2v) is 7.14. The molecule has 1 aromatic rings. The molecule has 2 heterocycles. The van der Waals surface area contributed by atoms with Gasteiger partial charge in [-0.15, -0.1) is 0 Å². The molecule has 2 saturated heterocycles. The van der Waals surface area contributed by atoms with Crippen LogP contribution < -0.4 is 0 Å². The van der Waals surface area contributed by atoms with Crippen molar-refractivity contribution in [3.63, 3.8) is 0 Å². The van der Waals surface area contributed by atoms with Crippen LogP contribution in [0.1, 0.15) is 37.3 Å². The molecule has 3 rings (SSSR count). The Bertz CT molecular complexity index is 625. The molecule has 2 fully saturated rings. The highest BCUT2D eigenvalue weighted by atomic mass is 16.5. The number of benzene rings is 1. The zero-order valence-electron chi connectivity index (χ0n) is 15.2. The van der Waals surface area contributed by atoms with Gasteiger partial charge in [-0.05, 0) is 30.9 Å². The molecular formula is C20H28N2O3. The Hall–Kier alpha value is -1.88. The van der Waals surface area contributed by atoms with Crippen molar-refractivity contribution in [3.05, 3.63) is 35.4 Å². The number of nitrogens with zero attached hydrogens (tertiary/aromatic N) is 2. The van der Waals surface area contributed by atoms with Gasteiger partial charge in [-0.3, -0.25) is 9.59 Å². The van der Waals surface area contributed by atoms with E-state index in [2.05, 4.69) is 19.1 Å². The average Bonchev–Trinajstić information content (AvgIpc) is 2.61. The van der Waals surface area contributed by atoms with Crippen molar-refractivity contribution >= 4 is 11.8 Å². The van der Waals surface area contributed by atoms with E-state index in [4.69, 9.17) is 4.74 Å². The molecule has 2 aliphatic rings. The Morgan fingerprint density at radius 3 is 2.64 bits per heavy atom. The Labute approximate surface area is 149 Å². The fourth-order valence-electron chi connectivity index (χ4n) is 3.59. The Kier molecular flexibility index (Phi) is 5.74. The van der Waals surface area contributed by atoms with Crippen molar-refractivity contribution < 1.29 is 14.3 Å². The van der Waals surface area contributed by atoms with Gasteiger partial charge in [0.05, 0.1) is 18.6 Å². The van der Waals surface area contributed by atoms with E-state index in [1.54, 1.807) is 0 Å². The summed E-state index contributed by atoms with van der Waals surface area (Å²) in [6, 6.07) is 8.22. The summed E-state index contributed by atoms with van der Waals surface area (Å²) < 4.78 is 5.93. The molecule has 1 unspecified atom stereocenters. The number of hydrogen-bond acceptors (Lipinski definition) is 3. The molecule has 0 saturated carbocycles. The highest BCUT2D eigenvalue weighted by Crippen LogP contribution is 2.23. The molecule has 0 aliphatic carbocycles. The highest BCUT2D eigenvalue weighted by molar-refractivity contribution is 5.82. The number of hydrogen-bond donors (Lipinski definition) is 0. The first kappa shape index (κ1) is 17.9. The van der Waals surface area contributed by atoms with E-state index >= 15 is 0 Å². The van der Waals surface area contributed by atoms with Gasteiger partial charge >= 0.3 is 0 Å². The van der Waals surface area contributed by atoms with Crippen LogP contribution in [0, 0.1) is 12.8 Å². The number of likely N-dealkylation sites (tertiary alicyclic amines) is 2. The molecule has 0 bridgehead atoms. The molecule has 1 aromatic carbocycles. The Morgan fingerprint density at radius 1 is 1.16 bits per heavy atom. The highest BCUT2D eigenvalue weighted by Gasteiger charge is 2.37. The first-order valence-corrected chi connectivity index (χ1v) is 9.31.